The lowest BCUT2D eigenvalue weighted by Gasteiger charge is -2.09. The zero-order valence-corrected chi connectivity index (χ0v) is 12.2. The number of hydrogen-bond donors (Lipinski definition) is 1. The summed E-state index contributed by atoms with van der Waals surface area (Å²) in [6.45, 7) is 0. The quantitative estimate of drug-likeness (QED) is 0.872. The number of rotatable bonds is 3. The number of halogens is 3. The van der Waals surface area contributed by atoms with E-state index >= 15 is 0 Å². The van der Waals surface area contributed by atoms with Gasteiger partial charge in [0.05, 0.1) is 4.90 Å². The summed E-state index contributed by atoms with van der Waals surface area (Å²) in [6, 6.07) is 5.63. The van der Waals surface area contributed by atoms with E-state index in [1.165, 1.54) is 24.3 Å². The summed E-state index contributed by atoms with van der Waals surface area (Å²) in [5.74, 6) is 0. The van der Waals surface area contributed by atoms with Crippen molar-refractivity contribution in [1.82, 2.24) is 9.97 Å². The molecule has 1 heterocycles. The van der Waals surface area contributed by atoms with Gasteiger partial charge in [-0.2, -0.15) is 0 Å². The zero-order chi connectivity index (χ0) is 14.0. The molecule has 0 bridgehead atoms. The van der Waals surface area contributed by atoms with Crippen LogP contribution in [0.1, 0.15) is 0 Å². The Hall–Kier alpha value is -1.08. The number of benzene rings is 1. The number of aromatic nitrogens is 2. The molecule has 0 spiro atoms. The summed E-state index contributed by atoms with van der Waals surface area (Å²) in [5.41, 5.74) is -0.0687. The molecule has 0 saturated heterocycles. The van der Waals surface area contributed by atoms with Crippen LogP contribution in [0.3, 0.4) is 0 Å². The second-order valence-electron chi connectivity index (χ2n) is 3.39. The van der Waals surface area contributed by atoms with Crippen molar-refractivity contribution < 1.29 is 8.42 Å². The number of hydrogen-bond acceptors (Lipinski definition) is 4. The highest BCUT2D eigenvalue weighted by Gasteiger charge is 2.18. The van der Waals surface area contributed by atoms with E-state index in [9.17, 15) is 8.42 Å². The maximum absolute atomic E-state index is 12.1. The first-order valence-corrected chi connectivity index (χ1v) is 7.46. The molecular formula is C10H6Cl3N3O2S. The molecule has 0 saturated carbocycles. The second kappa shape index (κ2) is 5.50. The summed E-state index contributed by atoms with van der Waals surface area (Å²) < 4.78 is 26.4. The van der Waals surface area contributed by atoms with Crippen molar-refractivity contribution in [3.8, 4) is 0 Å². The second-order valence-corrected chi connectivity index (χ2v) is 6.22. The molecule has 2 aromatic rings. The Morgan fingerprint density at radius 1 is 0.947 bits per heavy atom. The van der Waals surface area contributed by atoms with Gasteiger partial charge in [0.1, 0.15) is 12.0 Å². The van der Waals surface area contributed by atoms with Crippen LogP contribution in [0.4, 0.5) is 5.69 Å². The maximum Gasteiger partial charge on any atom is 0.262 e. The summed E-state index contributed by atoms with van der Waals surface area (Å²) in [7, 11) is -3.83. The Labute approximate surface area is 124 Å². The Kier molecular flexibility index (Phi) is 4.15. The van der Waals surface area contributed by atoms with Crippen molar-refractivity contribution in [3.05, 3.63) is 45.9 Å². The summed E-state index contributed by atoms with van der Waals surface area (Å²) in [6.07, 6.45) is 1.13. The molecule has 0 fully saturated rings. The average molecular weight is 339 g/mol. The van der Waals surface area contributed by atoms with Crippen LogP contribution in [0.5, 0.6) is 0 Å². The summed E-state index contributed by atoms with van der Waals surface area (Å²) in [4.78, 5) is 7.33. The number of anilines is 1. The minimum Gasteiger partial charge on any atom is -0.274 e. The van der Waals surface area contributed by atoms with Gasteiger partial charge in [-0.3, -0.25) is 4.72 Å². The average Bonchev–Trinajstić information content (AvgIpc) is 2.35. The molecule has 19 heavy (non-hydrogen) atoms. The van der Waals surface area contributed by atoms with E-state index in [1.807, 2.05) is 0 Å². The fourth-order valence-electron chi connectivity index (χ4n) is 1.24. The highest BCUT2D eigenvalue weighted by atomic mass is 35.5. The van der Waals surface area contributed by atoms with Crippen LogP contribution in [-0.2, 0) is 10.0 Å². The lowest BCUT2D eigenvalue weighted by Crippen LogP contribution is -2.14. The van der Waals surface area contributed by atoms with Crippen LogP contribution >= 0.6 is 34.8 Å². The summed E-state index contributed by atoms with van der Waals surface area (Å²) in [5, 5.41) is 0.258. The monoisotopic (exact) mass is 337 g/mol. The molecule has 9 heteroatoms. The van der Waals surface area contributed by atoms with Crippen LogP contribution in [0.25, 0.3) is 0 Å². The zero-order valence-electron chi connectivity index (χ0n) is 9.14. The first-order chi connectivity index (χ1) is 8.90. The van der Waals surface area contributed by atoms with Gasteiger partial charge in [0, 0.05) is 5.02 Å². The van der Waals surface area contributed by atoms with E-state index in [0.717, 1.165) is 6.33 Å². The topological polar surface area (TPSA) is 72.0 Å². The molecule has 2 rings (SSSR count). The minimum atomic E-state index is -3.83. The van der Waals surface area contributed by atoms with Gasteiger partial charge in [0.2, 0.25) is 0 Å². The molecule has 0 unspecified atom stereocenters. The number of nitrogens with zero attached hydrogens (tertiary/aromatic N) is 2. The van der Waals surface area contributed by atoms with Crippen molar-refractivity contribution in [1.29, 1.82) is 0 Å². The lowest BCUT2D eigenvalue weighted by atomic mass is 10.4. The third-order valence-corrected chi connectivity index (χ3v) is 4.31. The van der Waals surface area contributed by atoms with Crippen LogP contribution < -0.4 is 4.72 Å². The van der Waals surface area contributed by atoms with E-state index in [2.05, 4.69) is 14.7 Å². The summed E-state index contributed by atoms with van der Waals surface area (Å²) >= 11 is 17.2. The fourth-order valence-corrected chi connectivity index (χ4v) is 2.96. The van der Waals surface area contributed by atoms with Crippen molar-refractivity contribution in [2.24, 2.45) is 0 Å². The molecule has 0 aliphatic carbocycles. The van der Waals surface area contributed by atoms with E-state index in [-0.39, 0.29) is 20.9 Å². The van der Waals surface area contributed by atoms with Gasteiger partial charge in [0.15, 0.2) is 10.3 Å². The molecule has 0 amide bonds. The Morgan fingerprint density at radius 2 is 1.47 bits per heavy atom. The predicted molar refractivity (Wildman–Crippen MR) is 74.3 cm³/mol. The standard InChI is InChI=1S/C10H6Cl3N3O2S/c11-6-1-3-7(4-2-6)19(17,18)16-8-9(12)14-5-15-10(8)13/h1-5,16H. The van der Waals surface area contributed by atoms with Crippen LogP contribution in [0, 0.1) is 0 Å². The van der Waals surface area contributed by atoms with Gasteiger partial charge in [-0.25, -0.2) is 18.4 Å². The molecule has 1 N–H and O–H groups in total. The molecule has 5 nitrogen and oxygen atoms in total. The van der Waals surface area contributed by atoms with Crippen molar-refractivity contribution in [2.75, 3.05) is 4.72 Å². The molecular weight excluding hydrogens is 333 g/mol. The number of nitrogens with one attached hydrogen (secondary N) is 1. The molecule has 0 atom stereocenters. The van der Waals surface area contributed by atoms with E-state index in [0.29, 0.717) is 5.02 Å². The maximum atomic E-state index is 12.1. The van der Waals surface area contributed by atoms with E-state index in [1.54, 1.807) is 0 Å². The molecule has 0 radical (unpaired) electrons. The van der Waals surface area contributed by atoms with E-state index in [4.69, 9.17) is 34.8 Å². The van der Waals surface area contributed by atoms with Crippen molar-refractivity contribution in [2.45, 2.75) is 4.90 Å². The third kappa shape index (κ3) is 3.27. The van der Waals surface area contributed by atoms with Crippen molar-refractivity contribution >= 4 is 50.5 Å². The largest absolute Gasteiger partial charge is 0.274 e. The van der Waals surface area contributed by atoms with Gasteiger partial charge >= 0.3 is 0 Å². The van der Waals surface area contributed by atoms with Gasteiger partial charge in [-0.1, -0.05) is 34.8 Å². The van der Waals surface area contributed by atoms with Crippen LogP contribution in [0.15, 0.2) is 35.5 Å². The molecule has 0 aliphatic heterocycles. The first-order valence-electron chi connectivity index (χ1n) is 4.84. The molecule has 0 aliphatic rings. The minimum absolute atomic E-state index is 0.0212. The van der Waals surface area contributed by atoms with Gasteiger partial charge in [0.25, 0.3) is 10.0 Å². The van der Waals surface area contributed by atoms with E-state index < -0.39 is 10.0 Å². The normalized spacial score (nSPS) is 11.3. The van der Waals surface area contributed by atoms with Gasteiger partial charge in [-0.05, 0) is 24.3 Å². The fraction of sp³-hybridized carbons (Fsp3) is 0. The van der Waals surface area contributed by atoms with Crippen LogP contribution in [0.2, 0.25) is 15.3 Å². The Morgan fingerprint density at radius 3 is 2.00 bits per heavy atom. The highest BCUT2D eigenvalue weighted by Crippen LogP contribution is 2.28. The SMILES string of the molecule is O=S(=O)(Nc1c(Cl)ncnc1Cl)c1ccc(Cl)cc1. The van der Waals surface area contributed by atoms with Crippen molar-refractivity contribution in [3.63, 3.8) is 0 Å². The first kappa shape index (κ1) is 14.3. The predicted octanol–water partition coefficient (Wildman–Crippen LogP) is 3.24. The molecule has 1 aromatic carbocycles. The molecule has 1 aromatic heterocycles. The van der Waals surface area contributed by atoms with Gasteiger partial charge in [-0.15, -0.1) is 0 Å². The third-order valence-electron chi connectivity index (χ3n) is 2.12. The smallest absolute Gasteiger partial charge is 0.262 e. The molecule has 100 valence electrons. The van der Waals surface area contributed by atoms with Crippen LogP contribution in [-0.4, -0.2) is 18.4 Å². The Balaban J connectivity index is 2.39. The Bertz CT molecular complexity index is 684. The lowest BCUT2D eigenvalue weighted by molar-refractivity contribution is 0.601. The highest BCUT2D eigenvalue weighted by molar-refractivity contribution is 7.92. The van der Waals surface area contributed by atoms with Gasteiger partial charge < -0.3 is 0 Å². The number of sulfonamides is 1.